The maximum absolute atomic E-state index is 9.17. The van der Waals surface area contributed by atoms with Gasteiger partial charge in [0.15, 0.2) is 0 Å². The maximum Gasteiger partial charge on any atom is 0.131 e. The van der Waals surface area contributed by atoms with Crippen LogP contribution >= 0.6 is 0 Å². The zero-order chi connectivity index (χ0) is 12.0. The average molecular weight is 224 g/mol. The average Bonchev–Trinajstić information content (AvgIpc) is 2.23. The molecule has 0 saturated carbocycles. The summed E-state index contributed by atoms with van der Waals surface area (Å²) in [6.45, 7) is 7.07. The molecular formula is C11H20N4O. The van der Waals surface area contributed by atoms with Crippen LogP contribution in [-0.2, 0) is 0 Å². The zero-order valence-electron chi connectivity index (χ0n) is 10.1. The van der Waals surface area contributed by atoms with Crippen molar-refractivity contribution in [2.75, 3.05) is 23.7 Å². The zero-order valence-corrected chi connectivity index (χ0v) is 10.1. The number of nitrogens with zero attached hydrogens (tertiary/aromatic N) is 2. The molecule has 0 aromatic carbocycles. The highest BCUT2D eigenvalue weighted by Crippen LogP contribution is 2.10. The van der Waals surface area contributed by atoms with Gasteiger partial charge in [-0.05, 0) is 20.3 Å². The first-order valence-electron chi connectivity index (χ1n) is 5.63. The van der Waals surface area contributed by atoms with Crippen molar-refractivity contribution in [3.05, 3.63) is 11.9 Å². The SMILES string of the molecule is CCCNc1cc(NCC(C)O)nc(C)n1. The summed E-state index contributed by atoms with van der Waals surface area (Å²) < 4.78 is 0. The van der Waals surface area contributed by atoms with Crippen molar-refractivity contribution in [2.24, 2.45) is 0 Å². The van der Waals surface area contributed by atoms with E-state index < -0.39 is 0 Å². The molecule has 1 unspecified atom stereocenters. The molecule has 16 heavy (non-hydrogen) atoms. The molecule has 0 spiro atoms. The van der Waals surface area contributed by atoms with Gasteiger partial charge in [-0.2, -0.15) is 0 Å². The molecule has 1 heterocycles. The first kappa shape index (κ1) is 12.7. The Morgan fingerprint density at radius 2 is 1.94 bits per heavy atom. The smallest absolute Gasteiger partial charge is 0.131 e. The predicted octanol–water partition coefficient (Wildman–Crippen LogP) is 1.40. The summed E-state index contributed by atoms with van der Waals surface area (Å²) in [6, 6.07) is 1.85. The number of aliphatic hydroxyl groups excluding tert-OH is 1. The van der Waals surface area contributed by atoms with Crippen LogP contribution in [0.2, 0.25) is 0 Å². The third-order valence-electron chi connectivity index (χ3n) is 1.97. The normalized spacial score (nSPS) is 12.2. The lowest BCUT2D eigenvalue weighted by atomic mass is 10.4. The number of anilines is 2. The van der Waals surface area contributed by atoms with Crippen LogP contribution in [0.5, 0.6) is 0 Å². The Balaban J connectivity index is 2.65. The third kappa shape index (κ3) is 4.44. The largest absolute Gasteiger partial charge is 0.392 e. The van der Waals surface area contributed by atoms with Crippen LogP contribution in [0.25, 0.3) is 0 Å². The van der Waals surface area contributed by atoms with E-state index in [0.717, 1.165) is 24.6 Å². The van der Waals surface area contributed by atoms with Gasteiger partial charge in [0, 0.05) is 19.2 Å². The van der Waals surface area contributed by atoms with Crippen molar-refractivity contribution < 1.29 is 5.11 Å². The standard InChI is InChI=1S/C11H20N4O/c1-4-5-12-10-6-11(13-7-8(2)16)15-9(3)14-10/h6,8,16H,4-5,7H2,1-3H3,(H2,12,13,14,15). The highest BCUT2D eigenvalue weighted by Gasteiger charge is 2.02. The molecule has 0 fully saturated rings. The molecular weight excluding hydrogens is 204 g/mol. The quantitative estimate of drug-likeness (QED) is 0.681. The topological polar surface area (TPSA) is 70.1 Å². The Bertz CT molecular complexity index is 328. The number of nitrogens with one attached hydrogen (secondary N) is 2. The van der Waals surface area contributed by atoms with E-state index in [0.29, 0.717) is 12.4 Å². The van der Waals surface area contributed by atoms with Gasteiger partial charge in [0.25, 0.3) is 0 Å². The molecule has 0 saturated heterocycles. The lowest BCUT2D eigenvalue weighted by Crippen LogP contribution is -2.16. The van der Waals surface area contributed by atoms with E-state index in [9.17, 15) is 5.11 Å². The van der Waals surface area contributed by atoms with Crippen molar-refractivity contribution in [1.82, 2.24) is 9.97 Å². The third-order valence-corrected chi connectivity index (χ3v) is 1.97. The first-order valence-corrected chi connectivity index (χ1v) is 5.63. The summed E-state index contributed by atoms with van der Waals surface area (Å²) in [5.74, 6) is 2.28. The van der Waals surface area contributed by atoms with Gasteiger partial charge in [-0.1, -0.05) is 6.92 Å². The number of hydrogen-bond acceptors (Lipinski definition) is 5. The molecule has 5 nitrogen and oxygen atoms in total. The van der Waals surface area contributed by atoms with Gasteiger partial charge >= 0.3 is 0 Å². The second-order valence-corrected chi connectivity index (χ2v) is 3.84. The molecule has 90 valence electrons. The fourth-order valence-electron chi connectivity index (χ4n) is 1.25. The Morgan fingerprint density at radius 3 is 2.50 bits per heavy atom. The van der Waals surface area contributed by atoms with Crippen molar-refractivity contribution in [3.8, 4) is 0 Å². The van der Waals surface area contributed by atoms with Gasteiger partial charge in [0.05, 0.1) is 6.10 Å². The van der Waals surface area contributed by atoms with Crippen LogP contribution in [-0.4, -0.2) is 34.3 Å². The summed E-state index contributed by atoms with van der Waals surface area (Å²) >= 11 is 0. The minimum absolute atomic E-state index is 0.387. The molecule has 0 radical (unpaired) electrons. The fraction of sp³-hybridized carbons (Fsp3) is 0.636. The summed E-state index contributed by atoms with van der Waals surface area (Å²) in [5, 5.41) is 15.4. The Kier molecular flexibility index (Phi) is 4.98. The van der Waals surface area contributed by atoms with Crippen LogP contribution < -0.4 is 10.6 Å². The van der Waals surface area contributed by atoms with E-state index in [4.69, 9.17) is 0 Å². The summed E-state index contributed by atoms with van der Waals surface area (Å²) in [4.78, 5) is 8.51. The maximum atomic E-state index is 9.17. The summed E-state index contributed by atoms with van der Waals surface area (Å²) in [5.41, 5.74) is 0. The highest BCUT2D eigenvalue weighted by atomic mass is 16.3. The van der Waals surface area contributed by atoms with Crippen molar-refractivity contribution in [3.63, 3.8) is 0 Å². The molecule has 0 amide bonds. The van der Waals surface area contributed by atoms with E-state index in [1.54, 1.807) is 6.92 Å². The number of aromatic nitrogens is 2. The minimum Gasteiger partial charge on any atom is -0.392 e. The second-order valence-electron chi connectivity index (χ2n) is 3.84. The highest BCUT2D eigenvalue weighted by molar-refractivity contribution is 5.47. The van der Waals surface area contributed by atoms with Crippen LogP contribution in [0.3, 0.4) is 0 Å². The Morgan fingerprint density at radius 1 is 1.31 bits per heavy atom. The fourth-order valence-corrected chi connectivity index (χ4v) is 1.25. The van der Waals surface area contributed by atoms with Gasteiger partial charge in [-0.3, -0.25) is 0 Å². The number of rotatable bonds is 6. The summed E-state index contributed by atoms with van der Waals surface area (Å²) in [6.07, 6.45) is 0.668. The second kappa shape index (κ2) is 6.27. The lowest BCUT2D eigenvalue weighted by molar-refractivity contribution is 0.208. The molecule has 0 bridgehead atoms. The van der Waals surface area contributed by atoms with Gasteiger partial charge in [0.2, 0.25) is 0 Å². The molecule has 1 rings (SSSR count). The lowest BCUT2D eigenvalue weighted by Gasteiger charge is -2.10. The van der Waals surface area contributed by atoms with E-state index in [1.807, 2.05) is 13.0 Å². The van der Waals surface area contributed by atoms with Crippen molar-refractivity contribution in [1.29, 1.82) is 0 Å². The molecule has 5 heteroatoms. The molecule has 0 aliphatic rings. The first-order chi connectivity index (χ1) is 7.61. The van der Waals surface area contributed by atoms with Crippen LogP contribution in [0.15, 0.2) is 6.07 Å². The van der Waals surface area contributed by atoms with Crippen LogP contribution in [0, 0.1) is 6.92 Å². The van der Waals surface area contributed by atoms with Crippen molar-refractivity contribution in [2.45, 2.75) is 33.3 Å². The number of hydrogen-bond donors (Lipinski definition) is 3. The van der Waals surface area contributed by atoms with E-state index in [1.165, 1.54) is 0 Å². The Labute approximate surface area is 96.3 Å². The molecule has 1 aromatic rings. The molecule has 0 aliphatic heterocycles. The molecule has 3 N–H and O–H groups in total. The van der Waals surface area contributed by atoms with Crippen LogP contribution in [0.1, 0.15) is 26.1 Å². The molecule has 1 atom stereocenters. The minimum atomic E-state index is -0.387. The van der Waals surface area contributed by atoms with Crippen molar-refractivity contribution >= 4 is 11.6 Å². The predicted molar refractivity (Wildman–Crippen MR) is 65.7 cm³/mol. The molecule has 1 aromatic heterocycles. The van der Waals surface area contributed by atoms with Gasteiger partial charge in [-0.15, -0.1) is 0 Å². The number of aliphatic hydroxyl groups is 1. The van der Waals surface area contributed by atoms with Gasteiger partial charge in [0.1, 0.15) is 17.5 Å². The monoisotopic (exact) mass is 224 g/mol. The van der Waals surface area contributed by atoms with E-state index >= 15 is 0 Å². The van der Waals surface area contributed by atoms with Gasteiger partial charge in [-0.25, -0.2) is 9.97 Å². The number of aryl methyl sites for hydroxylation is 1. The summed E-state index contributed by atoms with van der Waals surface area (Å²) in [7, 11) is 0. The Hall–Kier alpha value is -1.36. The van der Waals surface area contributed by atoms with E-state index in [2.05, 4.69) is 27.5 Å². The molecule has 0 aliphatic carbocycles. The van der Waals surface area contributed by atoms with Crippen LogP contribution in [0.4, 0.5) is 11.6 Å². The van der Waals surface area contributed by atoms with E-state index in [-0.39, 0.29) is 6.10 Å². The van der Waals surface area contributed by atoms with Gasteiger partial charge < -0.3 is 15.7 Å².